The standard InChI is InChI=1S/C10H8N2O3/c1-6(13)12-8-3-2-7(5-11)9(4-8)10(14)15/h2-4H,1H3,(H,12,13)(H,14,15). The monoisotopic (exact) mass is 204 g/mol. The molecule has 5 heteroatoms. The van der Waals surface area contributed by atoms with Gasteiger partial charge in [0.1, 0.15) is 6.07 Å². The van der Waals surface area contributed by atoms with E-state index >= 15 is 0 Å². The van der Waals surface area contributed by atoms with Crippen LogP contribution in [-0.2, 0) is 4.79 Å². The second-order valence-corrected chi connectivity index (χ2v) is 2.86. The summed E-state index contributed by atoms with van der Waals surface area (Å²) in [6.07, 6.45) is 0. The van der Waals surface area contributed by atoms with Crippen molar-refractivity contribution in [3.05, 3.63) is 29.3 Å². The van der Waals surface area contributed by atoms with Gasteiger partial charge >= 0.3 is 5.97 Å². The van der Waals surface area contributed by atoms with E-state index in [-0.39, 0.29) is 17.0 Å². The van der Waals surface area contributed by atoms with E-state index < -0.39 is 5.97 Å². The number of carboxylic acids is 1. The number of aromatic carboxylic acids is 1. The van der Waals surface area contributed by atoms with Crippen LogP contribution in [0.25, 0.3) is 0 Å². The maximum Gasteiger partial charge on any atom is 0.337 e. The van der Waals surface area contributed by atoms with Crippen LogP contribution < -0.4 is 5.32 Å². The number of amides is 1. The molecule has 1 amide bonds. The van der Waals surface area contributed by atoms with Crippen molar-refractivity contribution in [2.45, 2.75) is 6.92 Å². The van der Waals surface area contributed by atoms with Gasteiger partial charge in [0.25, 0.3) is 0 Å². The van der Waals surface area contributed by atoms with E-state index in [1.54, 1.807) is 6.07 Å². The second kappa shape index (κ2) is 4.24. The molecule has 0 unspecified atom stereocenters. The van der Waals surface area contributed by atoms with Crippen LogP contribution in [0.15, 0.2) is 18.2 Å². The summed E-state index contributed by atoms with van der Waals surface area (Å²) in [4.78, 5) is 21.5. The molecule has 0 aliphatic heterocycles. The Morgan fingerprint density at radius 2 is 2.13 bits per heavy atom. The Morgan fingerprint density at radius 3 is 2.60 bits per heavy atom. The summed E-state index contributed by atoms with van der Waals surface area (Å²) in [6.45, 7) is 1.32. The van der Waals surface area contributed by atoms with E-state index in [1.165, 1.54) is 25.1 Å². The number of hydrogen-bond donors (Lipinski definition) is 2. The summed E-state index contributed by atoms with van der Waals surface area (Å²) in [5.41, 5.74) is 0.305. The van der Waals surface area contributed by atoms with Crippen LogP contribution in [0.5, 0.6) is 0 Å². The molecule has 0 spiro atoms. The molecular weight excluding hydrogens is 196 g/mol. The van der Waals surface area contributed by atoms with Crippen molar-refractivity contribution in [1.29, 1.82) is 5.26 Å². The third kappa shape index (κ3) is 2.54. The summed E-state index contributed by atoms with van der Waals surface area (Å²) in [6, 6.07) is 5.85. The number of nitriles is 1. The average molecular weight is 204 g/mol. The number of carbonyl (C=O) groups is 2. The van der Waals surface area contributed by atoms with Gasteiger partial charge in [-0.25, -0.2) is 4.79 Å². The molecular formula is C10H8N2O3. The SMILES string of the molecule is CC(=O)Nc1ccc(C#N)c(C(=O)O)c1. The molecule has 5 nitrogen and oxygen atoms in total. The Kier molecular flexibility index (Phi) is 3.03. The van der Waals surface area contributed by atoms with Gasteiger partial charge in [-0.05, 0) is 18.2 Å². The Labute approximate surface area is 86.0 Å². The molecule has 0 fully saturated rings. The van der Waals surface area contributed by atoms with Crippen LogP contribution in [0.4, 0.5) is 5.69 Å². The molecule has 0 aliphatic rings. The number of benzene rings is 1. The van der Waals surface area contributed by atoms with Gasteiger partial charge in [0.15, 0.2) is 0 Å². The molecule has 76 valence electrons. The minimum atomic E-state index is -1.20. The van der Waals surface area contributed by atoms with E-state index in [0.29, 0.717) is 5.69 Å². The number of rotatable bonds is 2. The highest BCUT2D eigenvalue weighted by Gasteiger charge is 2.10. The van der Waals surface area contributed by atoms with Gasteiger partial charge in [0, 0.05) is 12.6 Å². The normalized spacial score (nSPS) is 9.07. The predicted octanol–water partition coefficient (Wildman–Crippen LogP) is 1.21. The highest BCUT2D eigenvalue weighted by Crippen LogP contribution is 2.15. The molecule has 0 heterocycles. The van der Waals surface area contributed by atoms with Crippen LogP contribution in [0.2, 0.25) is 0 Å². The van der Waals surface area contributed by atoms with Crippen LogP contribution in [0.3, 0.4) is 0 Å². The van der Waals surface area contributed by atoms with E-state index in [9.17, 15) is 9.59 Å². The fraction of sp³-hybridized carbons (Fsp3) is 0.100. The van der Waals surface area contributed by atoms with Gasteiger partial charge in [0.2, 0.25) is 5.91 Å². The van der Waals surface area contributed by atoms with Crippen LogP contribution in [0, 0.1) is 11.3 Å². The zero-order chi connectivity index (χ0) is 11.4. The van der Waals surface area contributed by atoms with E-state index in [0.717, 1.165) is 0 Å². The number of nitrogens with one attached hydrogen (secondary N) is 1. The van der Waals surface area contributed by atoms with Gasteiger partial charge in [0.05, 0.1) is 11.1 Å². The summed E-state index contributed by atoms with van der Waals surface area (Å²) in [7, 11) is 0. The third-order valence-electron chi connectivity index (χ3n) is 1.69. The van der Waals surface area contributed by atoms with Gasteiger partial charge in [-0.3, -0.25) is 4.79 Å². The van der Waals surface area contributed by atoms with Crippen molar-refractivity contribution in [2.75, 3.05) is 5.32 Å². The highest BCUT2D eigenvalue weighted by atomic mass is 16.4. The van der Waals surface area contributed by atoms with Crippen molar-refractivity contribution in [1.82, 2.24) is 0 Å². The van der Waals surface area contributed by atoms with Crippen LogP contribution in [0.1, 0.15) is 22.8 Å². The second-order valence-electron chi connectivity index (χ2n) is 2.86. The van der Waals surface area contributed by atoms with Crippen molar-refractivity contribution >= 4 is 17.6 Å². The molecule has 0 bridgehead atoms. The summed E-state index contributed by atoms with van der Waals surface area (Å²) in [5, 5.41) is 19.9. The maximum atomic E-state index is 10.8. The lowest BCUT2D eigenvalue weighted by Gasteiger charge is -2.04. The summed E-state index contributed by atoms with van der Waals surface area (Å²) in [5.74, 6) is -1.49. The lowest BCUT2D eigenvalue weighted by atomic mass is 10.1. The average Bonchev–Trinajstić information content (AvgIpc) is 2.16. The minimum Gasteiger partial charge on any atom is -0.478 e. The van der Waals surface area contributed by atoms with Crippen molar-refractivity contribution in [3.63, 3.8) is 0 Å². The zero-order valence-corrected chi connectivity index (χ0v) is 7.94. The topological polar surface area (TPSA) is 90.2 Å². The molecule has 0 radical (unpaired) electrons. The maximum absolute atomic E-state index is 10.8. The van der Waals surface area contributed by atoms with Crippen LogP contribution >= 0.6 is 0 Å². The first-order valence-electron chi connectivity index (χ1n) is 4.09. The first-order valence-corrected chi connectivity index (χ1v) is 4.09. The largest absolute Gasteiger partial charge is 0.478 e. The van der Waals surface area contributed by atoms with Gasteiger partial charge in [-0.1, -0.05) is 0 Å². The molecule has 15 heavy (non-hydrogen) atoms. The molecule has 0 aromatic heterocycles. The van der Waals surface area contributed by atoms with Crippen molar-refractivity contribution in [2.24, 2.45) is 0 Å². The molecule has 2 N–H and O–H groups in total. The Morgan fingerprint density at radius 1 is 1.47 bits per heavy atom. The van der Waals surface area contributed by atoms with Crippen molar-refractivity contribution in [3.8, 4) is 6.07 Å². The number of carboxylic acid groups (broad SMARTS) is 1. The van der Waals surface area contributed by atoms with Gasteiger partial charge in [-0.15, -0.1) is 0 Å². The Balaban J connectivity index is 3.17. The summed E-state index contributed by atoms with van der Waals surface area (Å²) < 4.78 is 0. The number of nitrogens with zero attached hydrogens (tertiary/aromatic N) is 1. The first kappa shape index (κ1) is 10.7. The number of anilines is 1. The number of hydrogen-bond acceptors (Lipinski definition) is 3. The predicted molar refractivity (Wildman–Crippen MR) is 52.4 cm³/mol. The van der Waals surface area contributed by atoms with E-state index in [1.807, 2.05) is 0 Å². The summed E-state index contributed by atoms with van der Waals surface area (Å²) >= 11 is 0. The highest BCUT2D eigenvalue weighted by molar-refractivity contribution is 5.94. The third-order valence-corrected chi connectivity index (χ3v) is 1.69. The first-order chi connectivity index (χ1) is 7.04. The molecule has 1 aromatic rings. The lowest BCUT2D eigenvalue weighted by molar-refractivity contribution is -0.114. The Hall–Kier alpha value is -2.35. The van der Waals surface area contributed by atoms with Crippen LogP contribution in [-0.4, -0.2) is 17.0 Å². The molecule has 0 atom stereocenters. The Bertz CT molecular complexity index is 460. The van der Waals surface area contributed by atoms with Gasteiger partial charge < -0.3 is 10.4 Å². The fourth-order valence-corrected chi connectivity index (χ4v) is 1.10. The number of carbonyl (C=O) groups excluding carboxylic acids is 1. The lowest BCUT2D eigenvalue weighted by Crippen LogP contribution is -2.08. The fourth-order valence-electron chi connectivity index (χ4n) is 1.10. The molecule has 1 rings (SSSR count). The minimum absolute atomic E-state index is 0.0663. The molecule has 1 aromatic carbocycles. The molecule has 0 aliphatic carbocycles. The van der Waals surface area contributed by atoms with Crippen molar-refractivity contribution < 1.29 is 14.7 Å². The molecule has 0 saturated carbocycles. The smallest absolute Gasteiger partial charge is 0.337 e. The zero-order valence-electron chi connectivity index (χ0n) is 7.94. The van der Waals surface area contributed by atoms with E-state index in [4.69, 9.17) is 10.4 Å². The van der Waals surface area contributed by atoms with E-state index in [2.05, 4.69) is 5.32 Å². The van der Waals surface area contributed by atoms with Gasteiger partial charge in [-0.2, -0.15) is 5.26 Å². The quantitative estimate of drug-likeness (QED) is 0.757. The molecule has 0 saturated heterocycles.